The second-order valence-electron chi connectivity index (χ2n) is 6.33. The Labute approximate surface area is 119 Å². The van der Waals surface area contributed by atoms with Crippen LogP contribution in [-0.4, -0.2) is 5.71 Å². The van der Waals surface area contributed by atoms with Gasteiger partial charge in [0, 0.05) is 17.3 Å². The molecule has 0 spiro atoms. The first-order chi connectivity index (χ1) is 9.33. The quantitative estimate of drug-likeness (QED) is 0.545. The van der Waals surface area contributed by atoms with Crippen molar-refractivity contribution in [3.8, 4) is 0 Å². The van der Waals surface area contributed by atoms with Crippen LogP contribution in [-0.2, 0) is 0 Å². The van der Waals surface area contributed by atoms with Crippen LogP contribution in [0.1, 0.15) is 90.9 Å². The van der Waals surface area contributed by atoms with Crippen molar-refractivity contribution < 1.29 is 0 Å². The smallest absolute Gasteiger partial charge is 0.0401 e. The molecule has 0 saturated carbocycles. The third-order valence-corrected chi connectivity index (χ3v) is 4.89. The highest BCUT2D eigenvalue weighted by atomic mass is 14.8. The Morgan fingerprint density at radius 3 is 1.95 bits per heavy atom. The van der Waals surface area contributed by atoms with Crippen LogP contribution in [0.4, 0.5) is 0 Å². The lowest BCUT2D eigenvalue weighted by atomic mass is 9.91. The molecule has 0 aromatic carbocycles. The van der Waals surface area contributed by atoms with E-state index >= 15 is 0 Å². The molecule has 1 aliphatic carbocycles. The summed E-state index contributed by atoms with van der Waals surface area (Å²) in [5.74, 6) is 0.644. The molecule has 108 valence electrons. The number of hydrogen-bond acceptors (Lipinski definition) is 1. The molecule has 0 radical (unpaired) electrons. The average molecular weight is 261 g/mol. The van der Waals surface area contributed by atoms with Gasteiger partial charge in [-0.05, 0) is 37.7 Å². The minimum atomic E-state index is 0.644. The molecule has 0 aromatic rings. The summed E-state index contributed by atoms with van der Waals surface area (Å²) >= 11 is 0. The van der Waals surface area contributed by atoms with Gasteiger partial charge in [0.05, 0.1) is 0 Å². The fourth-order valence-electron chi connectivity index (χ4n) is 3.60. The van der Waals surface area contributed by atoms with Gasteiger partial charge in [0.25, 0.3) is 0 Å². The molecule has 2 aliphatic rings. The van der Waals surface area contributed by atoms with Crippen LogP contribution in [0, 0.1) is 5.92 Å². The maximum absolute atomic E-state index is 4.96. The highest BCUT2D eigenvalue weighted by Gasteiger charge is 2.23. The van der Waals surface area contributed by atoms with Gasteiger partial charge in [-0.15, -0.1) is 0 Å². The van der Waals surface area contributed by atoms with E-state index in [1.807, 2.05) is 0 Å². The molecule has 19 heavy (non-hydrogen) atoms. The van der Waals surface area contributed by atoms with E-state index < -0.39 is 0 Å². The largest absolute Gasteiger partial charge is 0.262 e. The highest BCUT2D eigenvalue weighted by molar-refractivity contribution is 5.92. The predicted molar refractivity (Wildman–Crippen MR) is 84.7 cm³/mol. The van der Waals surface area contributed by atoms with E-state index in [1.165, 1.54) is 82.0 Å². The van der Waals surface area contributed by atoms with Gasteiger partial charge in [-0.3, -0.25) is 4.99 Å². The molecule has 1 heterocycles. The van der Waals surface area contributed by atoms with Gasteiger partial charge in [-0.1, -0.05) is 58.8 Å². The predicted octanol–water partition coefficient (Wildman–Crippen LogP) is 6.05. The van der Waals surface area contributed by atoms with Crippen molar-refractivity contribution in [1.82, 2.24) is 0 Å². The molecular weight excluding hydrogens is 230 g/mol. The van der Waals surface area contributed by atoms with Gasteiger partial charge in [0.2, 0.25) is 0 Å². The number of aliphatic imine (C=N–C) groups is 1. The van der Waals surface area contributed by atoms with Crippen molar-refractivity contribution in [1.29, 1.82) is 0 Å². The summed E-state index contributed by atoms with van der Waals surface area (Å²) in [5.41, 5.74) is 4.61. The van der Waals surface area contributed by atoms with E-state index in [4.69, 9.17) is 4.99 Å². The number of allylic oxidation sites excluding steroid dienone is 2. The van der Waals surface area contributed by atoms with Gasteiger partial charge in [0.15, 0.2) is 0 Å². The lowest BCUT2D eigenvalue weighted by molar-refractivity contribution is 0.561. The Bertz CT molecular complexity index is 338. The molecule has 0 amide bonds. The average Bonchev–Trinajstić information content (AvgIpc) is 2.73. The fraction of sp³-hybridized carbons (Fsp3) is 0.833. The van der Waals surface area contributed by atoms with Gasteiger partial charge in [-0.2, -0.15) is 0 Å². The topological polar surface area (TPSA) is 12.4 Å². The molecule has 0 bridgehead atoms. The highest BCUT2D eigenvalue weighted by Crippen LogP contribution is 2.34. The number of hydrogen-bond donors (Lipinski definition) is 0. The Kier molecular flexibility index (Phi) is 6.13. The second-order valence-corrected chi connectivity index (χ2v) is 6.33. The molecule has 0 fully saturated rings. The summed E-state index contributed by atoms with van der Waals surface area (Å²) < 4.78 is 0. The Balaban J connectivity index is 1.99. The van der Waals surface area contributed by atoms with Crippen molar-refractivity contribution in [2.75, 3.05) is 0 Å². The van der Waals surface area contributed by atoms with E-state index in [0.717, 1.165) is 6.42 Å². The summed E-state index contributed by atoms with van der Waals surface area (Å²) in [6.45, 7) is 4.64. The van der Waals surface area contributed by atoms with E-state index in [2.05, 4.69) is 13.8 Å². The first kappa shape index (κ1) is 14.8. The van der Waals surface area contributed by atoms with E-state index in [9.17, 15) is 0 Å². The Morgan fingerprint density at radius 2 is 1.37 bits per heavy atom. The zero-order valence-corrected chi connectivity index (χ0v) is 13.0. The van der Waals surface area contributed by atoms with Gasteiger partial charge in [0.1, 0.15) is 0 Å². The normalized spacial score (nSPS) is 27.1. The van der Waals surface area contributed by atoms with Crippen LogP contribution >= 0.6 is 0 Å². The molecule has 1 atom stereocenters. The molecule has 0 N–H and O–H groups in total. The van der Waals surface area contributed by atoms with Gasteiger partial charge < -0.3 is 0 Å². The summed E-state index contributed by atoms with van der Waals surface area (Å²) in [6, 6.07) is 0. The van der Waals surface area contributed by atoms with E-state index in [0.29, 0.717) is 5.92 Å². The van der Waals surface area contributed by atoms with Crippen molar-refractivity contribution in [2.24, 2.45) is 10.9 Å². The molecule has 0 aromatic heterocycles. The second kappa shape index (κ2) is 7.87. The number of nitrogens with zero attached hydrogens (tertiary/aromatic N) is 1. The third-order valence-electron chi connectivity index (χ3n) is 4.89. The van der Waals surface area contributed by atoms with Crippen molar-refractivity contribution in [3.63, 3.8) is 0 Å². The molecule has 2 rings (SSSR count). The molecule has 1 aliphatic heterocycles. The Hall–Kier alpha value is -0.590. The first-order valence-corrected chi connectivity index (χ1v) is 8.62. The summed E-state index contributed by atoms with van der Waals surface area (Å²) in [6.07, 6.45) is 16.5. The minimum absolute atomic E-state index is 0.644. The van der Waals surface area contributed by atoms with Gasteiger partial charge in [-0.25, -0.2) is 0 Å². The summed E-state index contributed by atoms with van der Waals surface area (Å²) in [7, 11) is 0. The van der Waals surface area contributed by atoms with Crippen molar-refractivity contribution >= 4 is 5.71 Å². The van der Waals surface area contributed by atoms with Gasteiger partial charge >= 0.3 is 0 Å². The maximum atomic E-state index is 4.96. The Morgan fingerprint density at radius 1 is 0.842 bits per heavy atom. The summed E-state index contributed by atoms with van der Waals surface area (Å²) in [5, 5.41) is 0. The lowest BCUT2D eigenvalue weighted by Gasteiger charge is -2.12. The van der Waals surface area contributed by atoms with E-state index in [1.54, 1.807) is 5.57 Å². The molecule has 0 saturated heterocycles. The van der Waals surface area contributed by atoms with Crippen LogP contribution in [0.2, 0.25) is 0 Å². The standard InChI is InChI=1S/C18H31N/c1-3-17-15(2)16-13-11-9-7-5-4-6-8-10-12-14-18(16)19-17/h15H,3-14H2,1-2H3. The molecule has 1 heteroatoms. The van der Waals surface area contributed by atoms with Crippen LogP contribution in [0.5, 0.6) is 0 Å². The van der Waals surface area contributed by atoms with Crippen LogP contribution in [0.25, 0.3) is 0 Å². The molecular formula is C18H31N. The SMILES string of the molecule is CCC1=NC2=C(CCCCCCCCCCC2)C1C. The zero-order valence-electron chi connectivity index (χ0n) is 13.0. The fourth-order valence-corrected chi connectivity index (χ4v) is 3.60. The molecule has 1 unspecified atom stereocenters. The van der Waals surface area contributed by atoms with Crippen LogP contribution < -0.4 is 0 Å². The third kappa shape index (κ3) is 4.19. The number of rotatable bonds is 1. The molecule has 1 nitrogen and oxygen atoms in total. The minimum Gasteiger partial charge on any atom is -0.262 e. The first-order valence-electron chi connectivity index (χ1n) is 8.62. The van der Waals surface area contributed by atoms with E-state index in [-0.39, 0.29) is 0 Å². The maximum Gasteiger partial charge on any atom is 0.0401 e. The van der Waals surface area contributed by atoms with Crippen LogP contribution in [0.3, 0.4) is 0 Å². The van der Waals surface area contributed by atoms with Crippen molar-refractivity contribution in [2.45, 2.75) is 90.9 Å². The summed E-state index contributed by atoms with van der Waals surface area (Å²) in [4.78, 5) is 4.96. The monoisotopic (exact) mass is 261 g/mol. The zero-order chi connectivity index (χ0) is 13.5. The van der Waals surface area contributed by atoms with Crippen LogP contribution in [0.15, 0.2) is 16.3 Å². The van der Waals surface area contributed by atoms with Crippen molar-refractivity contribution in [3.05, 3.63) is 11.3 Å². The lowest BCUT2D eigenvalue weighted by Crippen LogP contribution is -2.08.